The Balaban J connectivity index is 0.00000420. The number of pyridine rings is 1. The Hall–Kier alpha value is -1.50. The molecule has 0 spiro atoms. The highest BCUT2D eigenvalue weighted by Crippen LogP contribution is 2.12. The first-order valence-electron chi connectivity index (χ1n) is 9.73. The Morgan fingerprint density at radius 3 is 2.59 bits per heavy atom. The summed E-state index contributed by atoms with van der Waals surface area (Å²) in [5.74, 6) is 0.811. The number of nitrogens with one attached hydrogen (secondary N) is 2. The molecule has 29 heavy (non-hydrogen) atoms. The first kappa shape index (κ1) is 25.5. The van der Waals surface area contributed by atoms with Gasteiger partial charge < -0.3 is 25.4 Å². The van der Waals surface area contributed by atoms with E-state index in [0.717, 1.165) is 44.2 Å². The van der Waals surface area contributed by atoms with Crippen molar-refractivity contribution in [3.63, 3.8) is 0 Å². The lowest BCUT2D eigenvalue weighted by atomic mass is 10.1. The largest absolute Gasteiger partial charge is 0.386 e. The molecule has 10 heteroatoms. The second-order valence-corrected chi connectivity index (χ2v) is 6.60. The quantitative estimate of drug-likeness (QED) is 0.184. The van der Waals surface area contributed by atoms with E-state index >= 15 is 0 Å². The number of hydrogen-bond acceptors (Lipinski definition) is 6. The summed E-state index contributed by atoms with van der Waals surface area (Å²) < 4.78 is 4.94. The molecule has 0 radical (unpaired) electrons. The highest BCUT2D eigenvalue weighted by atomic mass is 127. The van der Waals surface area contributed by atoms with Crippen molar-refractivity contribution < 1.29 is 14.6 Å². The van der Waals surface area contributed by atoms with Gasteiger partial charge >= 0.3 is 0 Å². The SMILES string of the molecule is CCNC(=NCC(O)c1ccncc1)N1CCN(CC(=O)NCCOC)CC1.I. The molecule has 1 aliphatic heterocycles. The summed E-state index contributed by atoms with van der Waals surface area (Å²) in [6.07, 6.45) is 2.67. The minimum Gasteiger partial charge on any atom is -0.386 e. The lowest BCUT2D eigenvalue weighted by molar-refractivity contribution is -0.122. The number of piperazine rings is 1. The minimum absolute atomic E-state index is 0. The number of carbonyl (C=O) groups excluding carboxylic acids is 1. The highest BCUT2D eigenvalue weighted by Gasteiger charge is 2.21. The molecule has 1 unspecified atom stereocenters. The zero-order valence-electron chi connectivity index (χ0n) is 17.2. The third-order valence-electron chi connectivity index (χ3n) is 4.51. The molecular weight excluding hydrogens is 487 g/mol. The first-order valence-corrected chi connectivity index (χ1v) is 9.73. The number of amides is 1. The van der Waals surface area contributed by atoms with E-state index in [1.54, 1.807) is 31.6 Å². The van der Waals surface area contributed by atoms with Gasteiger partial charge in [0.2, 0.25) is 5.91 Å². The third-order valence-corrected chi connectivity index (χ3v) is 4.51. The maximum absolute atomic E-state index is 11.9. The molecule has 3 N–H and O–H groups in total. The molecular formula is C19H33IN6O3. The molecule has 1 saturated heterocycles. The van der Waals surface area contributed by atoms with E-state index in [4.69, 9.17) is 4.74 Å². The molecule has 0 saturated carbocycles. The molecule has 1 aromatic heterocycles. The second-order valence-electron chi connectivity index (χ2n) is 6.60. The van der Waals surface area contributed by atoms with Gasteiger partial charge in [0.05, 0.1) is 25.8 Å². The third kappa shape index (κ3) is 9.24. The standard InChI is InChI=1S/C19H32N6O3.HI/c1-3-21-19(23-14-17(26)16-4-6-20-7-5-16)25-11-9-24(10-12-25)15-18(27)22-8-13-28-2;/h4-7,17,26H,3,8-15H2,1-2H3,(H,21,23)(H,22,27);1H. The summed E-state index contributed by atoms with van der Waals surface area (Å²) in [6, 6.07) is 3.59. The first-order chi connectivity index (χ1) is 13.6. The molecule has 1 amide bonds. The van der Waals surface area contributed by atoms with E-state index in [2.05, 4.69) is 30.4 Å². The number of carbonyl (C=O) groups is 1. The number of nitrogens with zero attached hydrogens (tertiary/aromatic N) is 4. The van der Waals surface area contributed by atoms with Gasteiger partial charge in [-0.3, -0.25) is 19.7 Å². The van der Waals surface area contributed by atoms with Gasteiger partial charge in [-0.15, -0.1) is 24.0 Å². The molecule has 1 aliphatic rings. The van der Waals surface area contributed by atoms with E-state index in [1.165, 1.54) is 0 Å². The maximum atomic E-state index is 11.9. The van der Waals surface area contributed by atoms with Crippen LogP contribution in [0, 0.1) is 0 Å². The fraction of sp³-hybridized carbons (Fsp3) is 0.632. The molecule has 1 fully saturated rings. The zero-order chi connectivity index (χ0) is 20.2. The van der Waals surface area contributed by atoms with Gasteiger partial charge in [0.1, 0.15) is 0 Å². The Bertz CT molecular complexity index is 611. The van der Waals surface area contributed by atoms with Gasteiger partial charge in [-0.2, -0.15) is 0 Å². The van der Waals surface area contributed by atoms with Crippen LogP contribution in [0.1, 0.15) is 18.6 Å². The molecule has 1 atom stereocenters. The van der Waals surface area contributed by atoms with Gasteiger partial charge in [0.25, 0.3) is 0 Å². The summed E-state index contributed by atoms with van der Waals surface area (Å²) in [5, 5.41) is 16.5. The normalized spacial score (nSPS) is 16.1. The van der Waals surface area contributed by atoms with Gasteiger partial charge in [-0.1, -0.05) is 0 Å². The van der Waals surface area contributed by atoms with Crippen LogP contribution >= 0.6 is 24.0 Å². The lowest BCUT2D eigenvalue weighted by Crippen LogP contribution is -2.54. The molecule has 9 nitrogen and oxygen atoms in total. The van der Waals surface area contributed by atoms with Crippen LogP contribution < -0.4 is 10.6 Å². The molecule has 1 aromatic rings. The number of rotatable bonds is 9. The van der Waals surface area contributed by atoms with Gasteiger partial charge in [-0.25, -0.2) is 0 Å². The number of aliphatic hydroxyl groups is 1. The summed E-state index contributed by atoms with van der Waals surface area (Å²) in [5.41, 5.74) is 0.805. The van der Waals surface area contributed by atoms with E-state index in [-0.39, 0.29) is 36.4 Å². The average molecular weight is 520 g/mol. The van der Waals surface area contributed by atoms with Crippen molar-refractivity contribution in [2.24, 2.45) is 4.99 Å². The Morgan fingerprint density at radius 2 is 1.97 bits per heavy atom. The fourth-order valence-corrected chi connectivity index (χ4v) is 2.96. The van der Waals surface area contributed by atoms with Crippen molar-refractivity contribution in [2.45, 2.75) is 13.0 Å². The van der Waals surface area contributed by atoms with E-state index in [9.17, 15) is 9.90 Å². The Morgan fingerprint density at radius 1 is 1.28 bits per heavy atom. The predicted octanol–water partition coefficient (Wildman–Crippen LogP) is 0.0787. The summed E-state index contributed by atoms with van der Waals surface area (Å²) in [7, 11) is 1.62. The second kappa shape index (κ2) is 14.5. The van der Waals surface area contributed by atoms with Crippen molar-refractivity contribution in [3.8, 4) is 0 Å². The summed E-state index contributed by atoms with van der Waals surface area (Å²) >= 11 is 0. The van der Waals surface area contributed by atoms with Crippen LogP contribution in [0.15, 0.2) is 29.5 Å². The monoisotopic (exact) mass is 520 g/mol. The highest BCUT2D eigenvalue weighted by molar-refractivity contribution is 14.0. The van der Waals surface area contributed by atoms with Crippen LogP contribution in [0.25, 0.3) is 0 Å². The lowest BCUT2D eigenvalue weighted by Gasteiger charge is -2.36. The fourth-order valence-electron chi connectivity index (χ4n) is 2.96. The molecule has 0 aliphatic carbocycles. The van der Waals surface area contributed by atoms with Crippen LogP contribution in [-0.4, -0.2) is 97.8 Å². The maximum Gasteiger partial charge on any atom is 0.234 e. The van der Waals surface area contributed by atoms with Crippen LogP contribution in [0.4, 0.5) is 0 Å². The van der Waals surface area contributed by atoms with Gasteiger partial charge in [0, 0.05) is 58.8 Å². The van der Waals surface area contributed by atoms with Crippen LogP contribution in [0.5, 0.6) is 0 Å². The average Bonchev–Trinajstić information content (AvgIpc) is 2.72. The number of aliphatic hydroxyl groups excluding tert-OH is 1. The van der Waals surface area contributed by atoms with Crippen LogP contribution in [0.2, 0.25) is 0 Å². The van der Waals surface area contributed by atoms with Gasteiger partial charge in [0.15, 0.2) is 5.96 Å². The summed E-state index contributed by atoms with van der Waals surface area (Å²) in [6.45, 7) is 7.65. The minimum atomic E-state index is -0.659. The summed E-state index contributed by atoms with van der Waals surface area (Å²) in [4.78, 5) is 24.8. The Labute approximate surface area is 189 Å². The van der Waals surface area contributed by atoms with Crippen molar-refractivity contribution in [2.75, 3.05) is 66.1 Å². The van der Waals surface area contributed by atoms with E-state index in [1.807, 2.05) is 6.92 Å². The Kier molecular flexibility index (Phi) is 12.7. The van der Waals surface area contributed by atoms with Crippen LogP contribution in [-0.2, 0) is 9.53 Å². The molecule has 0 bridgehead atoms. The van der Waals surface area contributed by atoms with E-state index in [0.29, 0.717) is 19.7 Å². The van der Waals surface area contributed by atoms with Crippen molar-refractivity contribution in [1.29, 1.82) is 0 Å². The van der Waals surface area contributed by atoms with Crippen molar-refractivity contribution >= 4 is 35.8 Å². The zero-order valence-corrected chi connectivity index (χ0v) is 19.5. The van der Waals surface area contributed by atoms with Crippen LogP contribution in [0.3, 0.4) is 0 Å². The number of guanidine groups is 1. The topological polar surface area (TPSA) is 102 Å². The molecule has 2 rings (SSSR count). The smallest absolute Gasteiger partial charge is 0.234 e. The predicted molar refractivity (Wildman–Crippen MR) is 123 cm³/mol. The number of ether oxygens (including phenoxy) is 1. The number of aromatic nitrogens is 1. The number of aliphatic imine (C=N–C) groups is 1. The number of halogens is 1. The number of hydrogen-bond donors (Lipinski definition) is 3. The number of methoxy groups -OCH3 is 1. The molecule has 0 aromatic carbocycles. The molecule has 2 heterocycles. The molecule has 164 valence electrons. The van der Waals surface area contributed by atoms with E-state index < -0.39 is 6.10 Å². The van der Waals surface area contributed by atoms with Crippen molar-refractivity contribution in [1.82, 2.24) is 25.4 Å². The van der Waals surface area contributed by atoms with Gasteiger partial charge in [-0.05, 0) is 24.6 Å². The van der Waals surface area contributed by atoms with Crippen molar-refractivity contribution in [3.05, 3.63) is 30.1 Å².